The molecule has 2 rings (SSSR count). The second-order valence-electron chi connectivity index (χ2n) is 5.39. The summed E-state index contributed by atoms with van der Waals surface area (Å²) in [5, 5.41) is 6.94. The van der Waals surface area contributed by atoms with Crippen molar-refractivity contribution in [3.63, 3.8) is 0 Å². The summed E-state index contributed by atoms with van der Waals surface area (Å²) in [6.45, 7) is 1.20. The number of hydrogen-bond donors (Lipinski definition) is 2. The van der Waals surface area contributed by atoms with E-state index in [0.717, 1.165) is 12.5 Å². The van der Waals surface area contributed by atoms with E-state index < -0.39 is 0 Å². The van der Waals surface area contributed by atoms with Crippen LogP contribution in [0.3, 0.4) is 0 Å². The van der Waals surface area contributed by atoms with Crippen LogP contribution in [0.1, 0.15) is 57.8 Å². The van der Waals surface area contributed by atoms with Gasteiger partial charge in [-0.25, -0.2) is 0 Å². The first-order valence-electron chi connectivity index (χ1n) is 7.02. The molecule has 2 aliphatic heterocycles. The van der Waals surface area contributed by atoms with Gasteiger partial charge in [0.15, 0.2) is 0 Å². The van der Waals surface area contributed by atoms with E-state index in [4.69, 9.17) is 0 Å². The molecule has 2 aliphatic rings. The largest absolute Gasteiger partial charge is 0.314 e. The van der Waals surface area contributed by atoms with E-state index in [1.165, 1.54) is 57.9 Å². The molecule has 0 amide bonds. The zero-order valence-corrected chi connectivity index (χ0v) is 10.3. The molecular formula is C13H25N3. The van der Waals surface area contributed by atoms with Crippen molar-refractivity contribution in [2.24, 2.45) is 0 Å². The van der Waals surface area contributed by atoms with E-state index in [2.05, 4.69) is 10.6 Å². The molecule has 3 nitrogen and oxygen atoms in total. The van der Waals surface area contributed by atoms with Gasteiger partial charge in [0, 0.05) is 12.1 Å². The Morgan fingerprint density at radius 1 is 0.875 bits per heavy atom. The van der Waals surface area contributed by atoms with Gasteiger partial charge in [-0.2, -0.15) is 0 Å². The van der Waals surface area contributed by atoms with E-state index in [9.17, 15) is 5.73 Å². The van der Waals surface area contributed by atoms with Crippen LogP contribution in [0, 0.1) is 0 Å². The minimum Gasteiger partial charge on any atom is -0.314 e. The molecule has 3 unspecified atom stereocenters. The average molecular weight is 223 g/mol. The maximum absolute atomic E-state index is 9.67. The highest BCUT2D eigenvalue weighted by Crippen LogP contribution is 2.18. The third-order valence-electron chi connectivity index (χ3n) is 3.98. The summed E-state index contributed by atoms with van der Waals surface area (Å²) in [5.74, 6) is 0. The summed E-state index contributed by atoms with van der Waals surface area (Å²) in [4.78, 5) is 0. The van der Waals surface area contributed by atoms with Crippen molar-refractivity contribution in [2.75, 3.05) is 6.54 Å². The Bertz CT molecular complexity index is 190. The van der Waals surface area contributed by atoms with Crippen LogP contribution in [-0.4, -0.2) is 24.8 Å². The molecule has 2 N–H and O–H groups in total. The molecule has 0 aromatic carbocycles. The van der Waals surface area contributed by atoms with Gasteiger partial charge in [-0.3, -0.25) is 5.32 Å². The molecule has 2 heterocycles. The number of nitrogens with zero attached hydrogens (tertiary/aromatic N) is 1. The molecule has 0 spiro atoms. The molecule has 0 aliphatic carbocycles. The Balaban J connectivity index is 1.67. The van der Waals surface area contributed by atoms with Gasteiger partial charge >= 0.3 is 0 Å². The zero-order valence-electron chi connectivity index (χ0n) is 10.3. The number of hydrogen-bond acceptors (Lipinski definition) is 2. The average Bonchev–Trinajstić information content (AvgIpc) is 2.52. The molecule has 0 saturated carbocycles. The fraction of sp³-hybridized carbons (Fsp3) is 1.00. The summed E-state index contributed by atoms with van der Waals surface area (Å²) in [7, 11) is 0. The SMILES string of the molecule is [N]C1CCCCC(CCC2CCCCN2)N1. The Morgan fingerprint density at radius 2 is 1.56 bits per heavy atom. The van der Waals surface area contributed by atoms with Crippen LogP contribution >= 0.6 is 0 Å². The molecular weight excluding hydrogens is 198 g/mol. The topological polar surface area (TPSA) is 46.4 Å². The summed E-state index contributed by atoms with van der Waals surface area (Å²) in [6, 6.07) is 1.28. The highest BCUT2D eigenvalue weighted by atomic mass is 15.1. The molecule has 0 bridgehead atoms. The van der Waals surface area contributed by atoms with Crippen molar-refractivity contribution in [2.45, 2.75) is 76.0 Å². The molecule has 3 atom stereocenters. The maximum Gasteiger partial charge on any atom is 0.0928 e. The smallest absolute Gasteiger partial charge is 0.0928 e. The van der Waals surface area contributed by atoms with Crippen LogP contribution in [0.4, 0.5) is 0 Å². The van der Waals surface area contributed by atoms with Crippen molar-refractivity contribution in [1.82, 2.24) is 16.4 Å². The quantitative estimate of drug-likeness (QED) is 0.767. The van der Waals surface area contributed by atoms with Gasteiger partial charge in [0.05, 0.1) is 6.17 Å². The number of rotatable bonds is 3. The number of piperidine rings is 1. The zero-order chi connectivity index (χ0) is 11.2. The van der Waals surface area contributed by atoms with E-state index in [1.807, 2.05) is 0 Å². The first kappa shape index (κ1) is 12.3. The summed E-state index contributed by atoms with van der Waals surface area (Å²) in [5.41, 5.74) is 9.67. The van der Waals surface area contributed by atoms with E-state index >= 15 is 0 Å². The van der Waals surface area contributed by atoms with Gasteiger partial charge in [0.2, 0.25) is 0 Å². The fourth-order valence-corrected chi connectivity index (χ4v) is 2.97. The Hall–Kier alpha value is -0.120. The normalized spacial score (nSPS) is 36.9. The lowest BCUT2D eigenvalue weighted by Gasteiger charge is -2.26. The Morgan fingerprint density at radius 3 is 2.38 bits per heavy atom. The third-order valence-corrected chi connectivity index (χ3v) is 3.98. The van der Waals surface area contributed by atoms with Crippen molar-refractivity contribution >= 4 is 0 Å². The van der Waals surface area contributed by atoms with Crippen LogP contribution in [0.5, 0.6) is 0 Å². The predicted molar refractivity (Wildman–Crippen MR) is 66.2 cm³/mol. The summed E-state index contributed by atoms with van der Waals surface area (Å²) < 4.78 is 0. The first-order valence-corrected chi connectivity index (χ1v) is 7.02. The molecule has 2 fully saturated rings. The second-order valence-corrected chi connectivity index (χ2v) is 5.39. The van der Waals surface area contributed by atoms with Gasteiger partial charge in [-0.15, -0.1) is 5.73 Å². The van der Waals surface area contributed by atoms with Crippen LogP contribution < -0.4 is 16.4 Å². The van der Waals surface area contributed by atoms with E-state index in [1.54, 1.807) is 0 Å². The summed E-state index contributed by atoms with van der Waals surface area (Å²) in [6.07, 6.45) is 10.9. The van der Waals surface area contributed by atoms with Crippen molar-refractivity contribution < 1.29 is 0 Å². The third kappa shape index (κ3) is 4.04. The van der Waals surface area contributed by atoms with Crippen molar-refractivity contribution in [3.8, 4) is 0 Å². The van der Waals surface area contributed by atoms with Crippen LogP contribution in [0.25, 0.3) is 0 Å². The Labute approximate surface area is 99.5 Å². The lowest BCUT2D eigenvalue weighted by atomic mass is 9.96. The van der Waals surface area contributed by atoms with Gasteiger partial charge in [0.25, 0.3) is 0 Å². The van der Waals surface area contributed by atoms with E-state index in [-0.39, 0.29) is 6.17 Å². The van der Waals surface area contributed by atoms with Gasteiger partial charge in [-0.1, -0.05) is 19.3 Å². The highest BCUT2D eigenvalue weighted by Gasteiger charge is 2.19. The molecule has 0 aromatic heterocycles. The summed E-state index contributed by atoms with van der Waals surface area (Å²) >= 11 is 0. The van der Waals surface area contributed by atoms with Crippen LogP contribution in [0.2, 0.25) is 0 Å². The second kappa shape index (κ2) is 6.58. The van der Waals surface area contributed by atoms with Gasteiger partial charge in [-0.05, 0) is 45.1 Å². The Kier molecular flexibility index (Phi) is 5.07. The maximum atomic E-state index is 9.67. The van der Waals surface area contributed by atoms with Crippen molar-refractivity contribution in [3.05, 3.63) is 0 Å². The molecule has 16 heavy (non-hydrogen) atoms. The van der Waals surface area contributed by atoms with Crippen LogP contribution in [0.15, 0.2) is 0 Å². The standard InChI is InChI=1S/C13H25N3/c14-13-7-2-1-6-12(16-13)9-8-11-5-3-4-10-15-11/h11-13,15-16H,1-10H2. The van der Waals surface area contributed by atoms with E-state index in [0.29, 0.717) is 6.04 Å². The molecule has 3 heteroatoms. The minimum absolute atomic E-state index is 0.258. The number of nitrogens with one attached hydrogen (secondary N) is 2. The molecule has 2 radical (unpaired) electrons. The molecule has 0 aromatic rings. The van der Waals surface area contributed by atoms with Gasteiger partial charge < -0.3 is 5.32 Å². The lowest BCUT2D eigenvalue weighted by Crippen LogP contribution is -2.40. The molecule has 2 saturated heterocycles. The van der Waals surface area contributed by atoms with Crippen molar-refractivity contribution in [1.29, 1.82) is 0 Å². The highest BCUT2D eigenvalue weighted by molar-refractivity contribution is 4.79. The minimum atomic E-state index is -0.258. The predicted octanol–water partition coefficient (Wildman–Crippen LogP) is 1.84. The molecule has 92 valence electrons. The lowest BCUT2D eigenvalue weighted by molar-refractivity contribution is 0.336. The fourth-order valence-electron chi connectivity index (χ4n) is 2.97. The first-order chi connectivity index (χ1) is 7.84. The van der Waals surface area contributed by atoms with Crippen LogP contribution in [-0.2, 0) is 0 Å². The monoisotopic (exact) mass is 223 g/mol. The van der Waals surface area contributed by atoms with Gasteiger partial charge in [0.1, 0.15) is 0 Å².